The third kappa shape index (κ3) is 1.94. The molecule has 17 heavy (non-hydrogen) atoms. The smallest absolute Gasteiger partial charge is 0.340 e. The van der Waals surface area contributed by atoms with E-state index in [2.05, 4.69) is 0 Å². The van der Waals surface area contributed by atoms with Crippen LogP contribution in [0.3, 0.4) is 0 Å². The average Bonchev–Trinajstić information content (AvgIpc) is 2.69. The van der Waals surface area contributed by atoms with Crippen LogP contribution in [0.4, 0.5) is 0 Å². The van der Waals surface area contributed by atoms with Crippen molar-refractivity contribution in [1.82, 2.24) is 0 Å². The van der Waals surface area contributed by atoms with E-state index in [1.54, 1.807) is 11.8 Å². The van der Waals surface area contributed by atoms with E-state index in [0.29, 0.717) is 5.56 Å². The van der Waals surface area contributed by atoms with Gasteiger partial charge in [0.25, 0.3) is 0 Å². The Labute approximate surface area is 104 Å². The molecule has 0 N–H and O–H groups in total. The SMILES string of the molecule is O=C1OC(Sc2ccccc2)c2ccccc21. The first-order valence-corrected chi connectivity index (χ1v) is 6.24. The summed E-state index contributed by atoms with van der Waals surface area (Å²) in [5.41, 5.74) is 1.42. The Balaban J connectivity index is 1.90. The molecule has 1 unspecified atom stereocenters. The van der Waals surface area contributed by atoms with Crippen molar-refractivity contribution in [3.63, 3.8) is 0 Å². The van der Waals surface area contributed by atoms with Gasteiger partial charge in [0.1, 0.15) is 0 Å². The van der Waals surface area contributed by atoms with Gasteiger partial charge in [-0.05, 0) is 18.2 Å². The molecule has 0 aliphatic carbocycles. The maximum absolute atomic E-state index is 11.6. The van der Waals surface area contributed by atoms with Gasteiger partial charge in [-0.3, -0.25) is 0 Å². The first-order valence-electron chi connectivity index (χ1n) is 5.36. The highest BCUT2D eigenvalue weighted by atomic mass is 32.2. The van der Waals surface area contributed by atoms with Crippen molar-refractivity contribution in [3.05, 3.63) is 65.7 Å². The molecule has 1 aliphatic rings. The summed E-state index contributed by atoms with van der Waals surface area (Å²) in [6, 6.07) is 17.5. The monoisotopic (exact) mass is 242 g/mol. The maximum Gasteiger partial charge on any atom is 0.340 e. The van der Waals surface area contributed by atoms with Gasteiger partial charge in [-0.25, -0.2) is 4.79 Å². The fraction of sp³-hybridized carbons (Fsp3) is 0.0714. The largest absolute Gasteiger partial charge is 0.442 e. The summed E-state index contributed by atoms with van der Waals surface area (Å²) in [4.78, 5) is 12.7. The van der Waals surface area contributed by atoms with Gasteiger partial charge < -0.3 is 4.74 Å². The highest BCUT2D eigenvalue weighted by molar-refractivity contribution is 7.99. The Bertz CT molecular complexity index is 551. The molecular formula is C14H10O2S. The molecule has 2 nitrogen and oxygen atoms in total. The van der Waals surface area contributed by atoms with Crippen molar-refractivity contribution >= 4 is 17.7 Å². The Morgan fingerprint density at radius 3 is 2.47 bits per heavy atom. The van der Waals surface area contributed by atoms with Gasteiger partial charge in [0.05, 0.1) is 5.56 Å². The molecule has 2 aromatic carbocycles. The molecule has 0 fully saturated rings. The number of hydrogen-bond donors (Lipinski definition) is 0. The second kappa shape index (κ2) is 4.26. The zero-order valence-electron chi connectivity index (χ0n) is 9.00. The molecule has 0 bridgehead atoms. The van der Waals surface area contributed by atoms with Crippen molar-refractivity contribution in [2.45, 2.75) is 10.3 Å². The molecule has 0 saturated carbocycles. The van der Waals surface area contributed by atoms with Crippen molar-refractivity contribution in [1.29, 1.82) is 0 Å². The predicted octanol–water partition coefficient (Wildman–Crippen LogP) is 3.65. The zero-order chi connectivity index (χ0) is 11.7. The fourth-order valence-electron chi connectivity index (χ4n) is 1.82. The highest BCUT2D eigenvalue weighted by Gasteiger charge is 2.30. The molecule has 1 heterocycles. The number of rotatable bonds is 2. The third-order valence-corrected chi connectivity index (χ3v) is 3.74. The van der Waals surface area contributed by atoms with Crippen LogP contribution in [0.1, 0.15) is 21.4 Å². The number of benzene rings is 2. The minimum absolute atomic E-state index is 0.221. The van der Waals surface area contributed by atoms with E-state index >= 15 is 0 Å². The first-order chi connectivity index (χ1) is 8.34. The van der Waals surface area contributed by atoms with E-state index in [9.17, 15) is 4.79 Å². The first kappa shape index (κ1) is 10.4. The van der Waals surface area contributed by atoms with E-state index in [-0.39, 0.29) is 11.4 Å². The van der Waals surface area contributed by atoms with Crippen LogP contribution in [-0.2, 0) is 4.74 Å². The van der Waals surface area contributed by atoms with Crippen LogP contribution < -0.4 is 0 Å². The lowest BCUT2D eigenvalue weighted by molar-refractivity contribution is 0.0522. The molecule has 0 saturated heterocycles. The van der Waals surface area contributed by atoms with Crippen LogP contribution in [0.25, 0.3) is 0 Å². The molecule has 1 atom stereocenters. The molecule has 1 aliphatic heterocycles. The average molecular weight is 242 g/mol. The number of fused-ring (bicyclic) bond motifs is 1. The minimum atomic E-state index is -0.228. The van der Waals surface area contributed by atoms with Crippen molar-refractivity contribution < 1.29 is 9.53 Å². The number of carbonyl (C=O) groups excluding carboxylic acids is 1. The standard InChI is InChI=1S/C14H10O2S/c15-13-11-8-4-5-9-12(11)14(16-13)17-10-6-2-1-3-7-10/h1-9,14H. The molecule has 3 heteroatoms. The van der Waals surface area contributed by atoms with Crippen LogP contribution in [0.5, 0.6) is 0 Å². The van der Waals surface area contributed by atoms with E-state index in [1.807, 2.05) is 54.6 Å². The van der Waals surface area contributed by atoms with Gasteiger partial charge in [0, 0.05) is 10.5 Å². The molecule has 2 aromatic rings. The van der Waals surface area contributed by atoms with E-state index in [4.69, 9.17) is 4.74 Å². The highest BCUT2D eigenvalue weighted by Crippen LogP contribution is 2.42. The van der Waals surface area contributed by atoms with Gasteiger partial charge in [0.2, 0.25) is 0 Å². The molecule has 84 valence electrons. The molecule has 3 rings (SSSR count). The van der Waals surface area contributed by atoms with Crippen LogP contribution in [0.2, 0.25) is 0 Å². The summed E-state index contributed by atoms with van der Waals surface area (Å²) in [6.07, 6.45) is 0. The summed E-state index contributed by atoms with van der Waals surface area (Å²) in [7, 11) is 0. The van der Waals surface area contributed by atoms with Gasteiger partial charge >= 0.3 is 5.97 Å². The predicted molar refractivity (Wildman–Crippen MR) is 66.9 cm³/mol. The number of hydrogen-bond acceptors (Lipinski definition) is 3. The summed E-state index contributed by atoms with van der Waals surface area (Å²) < 4.78 is 5.36. The third-order valence-electron chi connectivity index (χ3n) is 2.64. The number of carbonyl (C=O) groups is 1. The van der Waals surface area contributed by atoms with Gasteiger partial charge in [-0.1, -0.05) is 48.2 Å². The Kier molecular flexibility index (Phi) is 2.61. The normalized spacial score (nSPS) is 17.6. The summed E-state index contributed by atoms with van der Waals surface area (Å²) in [5.74, 6) is -0.228. The van der Waals surface area contributed by atoms with Crippen molar-refractivity contribution in [3.8, 4) is 0 Å². The van der Waals surface area contributed by atoms with Gasteiger partial charge in [0.15, 0.2) is 5.44 Å². The van der Waals surface area contributed by atoms with Crippen LogP contribution in [0, 0.1) is 0 Å². The lowest BCUT2D eigenvalue weighted by Crippen LogP contribution is -1.94. The van der Waals surface area contributed by atoms with Gasteiger partial charge in [-0.15, -0.1) is 0 Å². The molecule has 0 spiro atoms. The number of thioether (sulfide) groups is 1. The Morgan fingerprint density at radius 1 is 0.941 bits per heavy atom. The Morgan fingerprint density at radius 2 is 1.65 bits per heavy atom. The summed E-state index contributed by atoms with van der Waals surface area (Å²) >= 11 is 1.55. The van der Waals surface area contributed by atoms with Crippen LogP contribution in [-0.4, -0.2) is 5.97 Å². The van der Waals surface area contributed by atoms with E-state index < -0.39 is 0 Å². The van der Waals surface area contributed by atoms with Crippen LogP contribution >= 0.6 is 11.8 Å². The lowest BCUT2D eigenvalue weighted by Gasteiger charge is -2.09. The summed E-state index contributed by atoms with van der Waals surface area (Å²) in [6.45, 7) is 0. The number of cyclic esters (lactones) is 1. The van der Waals surface area contributed by atoms with Crippen molar-refractivity contribution in [2.75, 3.05) is 0 Å². The number of esters is 1. The topological polar surface area (TPSA) is 26.3 Å². The van der Waals surface area contributed by atoms with E-state index in [1.165, 1.54) is 0 Å². The summed E-state index contributed by atoms with van der Waals surface area (Å²) in [5, 5.41) is 0. The molecule has 0 radical (unpaired) electrons. The second-order valence-corrected chi connectivity index (χ2v) is 4.89. The van der Waals surface area contributed by atoms with Gasteiger partial charge in [-0.2, -0.15) is 0 Å². The quantitative estimate of drug-likeness (QED) is 0.752. The molecule has 0 amide bonds. The lowest BCUT2D eigenvalue weighted by atomic mass is 10.1. The minimum Gasteiger partial charge on any atom is -0.442 e. The Hall–Kier alpha value is -1.74. The second-order valence-electron chi connectivity index (χ2n) is 3.76. The maximum atomic E-state index is 11.6. The van der Waals surface area contributed by atoms with E-state index in [0.717, 1.165) is 10.5 Å². The fourth-order valence-corrected chi connectivity index (χ4v) is 2.85. The zero-order valence-corrected chi connectivity index (χ0v) is 9.81. The van der Waals surface area contributed by atoms with Crippen molar-refractivity contribution in [2.24, 2.45) is 0 Å². The molecule has 0 aromatic heterocycles. The number of ether oxygens (including phenoxy) is 1. The molecular weight excluding hydrogens is 232 g/mol. The van der Waals surface area contributed by atoms with Crippen LogP contribution in [0.15, 0.2) is 59.5 Å².